The molecule has 0 unspecified atom stereocenters. The van der Waals surface area contributed by atoms with Gasteiger partial charge in [0.25, 0.3) is 0 Å². The highest BCUT2D eigenvalue weighted by Gasteiger charge is 2.45. The smallest absolute Gasteiger partial charge is 0.225 e. The molecule has 1 radical (unpaired) electrons. The van der Waals surface area contributed by atoms with Crippen molar-refractivity contribution < 1.29 is 34.4 Å². The van der Waals surface area contributed by atoms with E-state index in [0.717, 1.165) is 38.5 Å². The maximum atomic E-state index is 13.3. The molecule has 47 heavy (non-hydrogen) atoms. The van der Waals surface area contributed by atoms with Gasteiger partial charge in [-0.05, 0) is 19.8 Å². The summed E-state index contributed by atoms with van der Waals surface area (Å²) in [6, 6.07) is -1.01. The number of amides is 1. The van der Waals surface area contributed by atoms with Crippen molar-refractivity contribution in [1.29, 1.82) is 0 Å². The van der Waals surface area contributed by atoms with Crippen LogP contribution in [0.5, 0.6) is 0 Å². The highest BCUT2D eigenvalue weighted by molar-refractivity contribution is 5.81. The zero-order chi connectivity index (χ0) is 34.5. The molecule has 1 aliphatic heterocycles. The number of rotatable bonds is 33. The van der Waals surface area contributed by atoms with E-state index in [4.69, 9.17) is 9.47 Å². The fourth-order valence-electron chi connectivity index (χ4n) is 6.66. The van der Waals surface area contributed by atoms with Gasteiger partial charge in [-0.3, -0.25) is 9.59 Å². The third-order valence-electron chi connectivity index (χ3n) is 9.80. The van der Waals surface area contributed by atoms with E-state index in [0.29, 0.717) is 0 Å². The first-order valence-electron chi connectivity index (χ1n) is 19.8. The van der Waals surface area contributed by atoms with Crippen molar-refractivity contribution >= 4 is 12.2 Å². The quantitative estimate of drug-likeness (QED) is 0.0519. The van der Waals surface area contributed by atoms with Gasteiger partial charge in [-0.2, -0.15) is 0 Å². The van der Waals surface area contributed by atoms with Crippen LogP contribution in [0.25, 0.3) is 0 Å². The molecule has 0 aromatic rings. The molecule has 1 rings (SSSR count). The molecule has 8 nitrogen and oxygen atoms in total. The summed E-state index contributed by atoms with van der Waals surface area (Å²) in [7, 11) is 0. The Morgan fingerprint density at radius 1 is 0.681 bits per heavy atom. The van der Waals surface area contributed by atoms with E-state index in [1.54, 1.807) is 0 Å². The average Bonchev–Trinajstić information content (AvgIpc) is 3.35. The topological polar surface area (TPSA) is 125 Å². The van der Waals surface area contributed by atoms with Gasteiger partial charge in [0.1, 0.15) is 24.4 Å². The van der Waals surface area contributed by atoms with E-state index >= 15 is 0 Å². The second kappa shape index (κ2) is 29.8. The van der Waals surface area contributed by atoms with Crippen molar-refractivity contribution in [3.8, 4) is 0 Å². The molecule has 6 atom stereocenters. The van der Waals surface area contributed by atoms with E-state index in [1.165, 1.54) is 135 Å². The zero-order valence-corrected chi connectivity index (χ0v) is 30.6. The van der Waals surface area contributed by atoms with E-state index in [9.17, 15) is 24.9 Å². The molecule has 0 aromatic heterocycles. The van der Waals surface area contributed by atoms with E-state index in [2.05, 4.69) is 19.2 Å². The number of carbonyl (C=O) groups is 1. The molecule has 1 aliphatic rings. The molecular weight excluding hydrogens is 594 g/mol. The lowest BCUT2D eigenvalue weighted by Gasteiger charge is -2.22. The molecule has 1 amide bonds. The largest absolute Gasteiger partial charge is 0.391 e. The number of aliphatic hydroxyl groups is 3. The summed E-state index contributed by atoms with van der Waals surface area (Å²) < 4.78 is 11.0. The summed E-state index contributed by atoms with van der Waals surface area (Å²) in [5.41, 5.74) is 0. The third-order valence-corrected chi connectivity index (χ3v) is 9.80. The Balaban J connectivity index is 2.43. The average molecular weight is 669 g/mol. The molecule has 0 spiro atoms. The first kappa shape index (κ1) is 44.0. The maximum Gasteiger partial charge on any atom is 0.225 e. The first-order valence-corrected chi connectivity index (χ1v) is 19.8. The van der Waals surface area contributed by atoms with Gasteiger partial charge in [-0.15, -0.1) is 0 Å². The van der Waals surface area contributed by atoms with Crippen LogP contribution < -0.4 is 5.32 Å². The van der Waals surface area contributed by atoms with Crippen LogP contribution in [-0.2, 0) is 19.1 Å². The Kier molecular flexibility index (Phi) is 27.9. The molecule has 0 bridgehead atoms. The maximum absolute atomic E-state index is 13.3. The summed E-state index contributed by atoms with van der Waals surface area (Å²) in [4.78, 5) is 25.1. The molecule has 4 N–H and O–H groups in total. The van der Waals surface area contributed by atoms with Crippen LogP contribution in [0.15, 0.2) is 0 Å². The van der Waals surface area contributed by atoms with Crippen LogP contribution in [0.3, 0.4) is 0 Å². The Hall–Kier alpha value is -1.06. The van der Waals surface area contributed by atoms with E-state index in [-0.39, 0.29) is 18.4 Å². The second-order valence-electron chi connectivity index (χ2n) is 14.3. The van der Waals surface area contributed by atoms with Crippen LogP contribution in [0.1, 0.15) is 188 Å². The van der Waals surface area contributed by atoms with Crippen LogP contribution in [0.2, 0.25) is 0 Å². The fourth-order valence-corrected chi connectivity index (χ4v) is 6.66. The molecular formula is C39H74NO7. The summed E-state index contributed by atoms with van der Waals surface area (Å²) >= 11 is 0. The highest BCUT2D eigenvalue weighted by Crippen LogP contribution is 2.25. The molecule has 8 heteroatoms. The summed E-state index contributed by atoms with van der Waals surface area (Å²) in [5, 5.41) is 32.9. The number of hydrogen-bond donors (Lipinski definition) is 4. The normalized spacial score (nSPS) is 20.9. The van der Waals surface area contributed by atoms with Gasteiger partial charge in [0.15, 0.2) is 6.29 Å². The molecule has 1 saturated heterocycles. The summed E-state index contributed by atoms with van der Waals surface area (Å²) in [6.45, 7) is 5.73. The van der Waals surface area contributed by atoms with Gasteiger partial charge in [0.2, 0.25) is 12.2 Å². The van der Waals surface area contributed by atoms with Crippen LogP contribution in [-0.4, -0.2) is 70.9 Å². The number of ether oxygens (including phenoxy) is 2. The third kappa shape index (κ3) is 21.6. The SMILES string of the molecule is CCCCCCCCCCCCCCC(CCCCCCCCCCCCCC)C(=O)N[C@H]([C]=O)CO[C@@H]1O[C@H]([C@H](C)O)[C@@H](O)[C@@H]1O. The number of carbonyl (C=O) groups excluding carboxylic acids is 2. The van der Waals surface area contributed by atoms with Gasteiger partial charge in [-0.1, -0.05) is 168 Å². The highest BCUT2D eigenvalue weighted by atomic mass is 16.7. The lowest BCUT2D eigenvalue weighted by atomic mass is 9.93. The standard InChI is InChI=1S/C39H74NO7/c1-4-6-8-10-12-14-16-18-20-22-24-26-28-33(29-27-25-23-21-19-17-15-13-11-9-7-5-2)38(45)40-34(30-41)31-46-39-36(44)35(43)37(47-39)32(3)42/h32-37,39,42-44H,4-29,31H2,1-3H3,(H,40,45)/t32-,34+,35-,36-,37+,39+/m0/s1. The molecule has 0 saturated carbocycles. The minimum absolute atomic E-state index is 0.150. The molecule has 0 aromatic carbocycles. The summed E-state index contributed by atoms with van der Waals surface area (Å²) in [6.07, 6.45) is 28.2. The minimum atomic E-state index is -1.36. The molecule has 1 heterocycles. The molecule has 1 fully saturated rings. The van der Waals surface area contributed by atoms with Crippen molar-refractivity contribution in [1.82, 2.24) is 5.32 Å². The minimum Gasteiger partial charge on any atom is -0.391 e. The lowest BCUT2D eigenvalue weighted by Crippen LogP contribution is -2.44. The van der Waals surface area contributed by atoms with Crippen LogP contribution in [0, 0.1) is 5.92 Å². The Labute approximate surface area is 288 Å². The fraction of sp³-hybridized carbons (Fsp3) is 0.949. The van der Waals surface area contributed by atoms with E-state index in [1.807, 2.05) is 6.29 Å². The van der Waals surface area contributed by atoms with Gasteiger partial charge in [-0.25, -0.2) is 0 Å². The van der Waals surface area contributed by atoms with Crippen molar-refractivity contribution in [2.45, 2.75) is 224 Å². The van der Waals surface area contributed by atoms with Gasteiger partial charge in [0, 0.05) is 5.92 Å². The predicted octanol–water partition coefficient (Wildman–Crippen LogP) is 8.22. The Morgan fingerprint density at radius 2 is 1.06 bits per heavy atom. The number of aliphatic hydroxyl groups excluding tert-OH is 3. The van der Waals surface area contributed by atoms with Crippen molar-refractivity contribution in [3.63, 3.8) is 0 Å². The van der Waals surface area contributed by atoms with Crippen LogP contribution in [0.4, 0.5) is 0 Å². The predicted molar refractivity (Wildman–Crippen MR) is 191 cm³/mol. The van der Waals surface area contributed by atoms with Gasteiger partial charge < -0.3 is 30.1 Å². The van der Waals surface area contributed by atoms with Gasteiger partial charge in [0.05, 0.1) is 12.7 Å². The second-order valence-corrected chi connectivity index (χ2v) is 14.3. The number of unbranched alkanes of at least 4 members (excludes halogenated alkanes) is 22. The number of hydrogen-bond acceptors (Lipinski definition) is 7. The zero-order valence-electron chi connectivity index (χ0n) is 30.6. The Bertz CT molecular complexity index is 708. The van der Waals surface area contributed by atoms with Crippen molar-refractivity contribution in [2.24, 2.45) is 5.92 Å². The molecule has 277 valence electrons. The van der Waals surface area contributed by atoms with Crippen molar-refractivity contribution in [2.75, 3.05) is 6.61 Å². The van der Waals surface area contributed by atoms with Crippen molar-refractivity contribution in [3.05, 3.63) is 0 Å². The number of nitrogens with one attached hydrogen (secondary N) is 1. The van der Waals surface area contributed by atoms with Crippen LogP contribution >= 0.6 is 0 Å². The van der Waals surface area contributed by atoms with E-state index < -0.39 is 36.7 Å². The lowest BCUT2D eigenvalue weighted by molar-refractivity contribution is -0.177. The molecule has 0 aliphatic carbocycles. The Morgan fingerprint density at radius 3 is 1.40 bits per heavy atom. The van der Waals surface area contributed by atoms with Gasteiger partial charge >= 0.3 is 0 Å². The monoisotopic (exact) mass is 669 g/mol. The first-order chi connectivity index (χ1) is 22.8. The summed E-state index contributed by atoms with van der Waals surface area (Å²) in [5.74, 6) is -0.310.